The second kappa shape index (κ2) is 23.5. The molecule has 8 nitrogen and oxygen atoms in total. The Balaban J connectivity index is 0.000000142. The highest BCUT2D eigenvalue weighted by atomic mass is 32.1. The minimum atomic E-state index is 0.808. The van der Waals surface area contributed by atoms with Crippen LogP contribution < -0.4 is 0 Å². The minimum Gasteiger partial charge on any atom is -0.309 e. The molecule has 9 aromatic heterocycles. The van der Waals surface area contributed by atoms with Crippen LogP contribution in [0.2, 0.25) is 0 Å². The maximum atomic E-state index is 5.44. The molecule has 0 fully saturated rings. The highest BCUT2D eigenvalue weighted by Crippen LogP contribution is 2.46. The number of hydrogen-bond donors (Lipinski definition) is 0. The van der Waals surface area contributed by atoms with Crippen molar-refractivity contribution in [2.24, 2.45) is 0 Å². The average Bonchev–Trinajstić information content (AvgIpc) is 1.56. The van der Waals surface area contributed by atoms with E-state index in [9.17, 15) is 0 Å². The summed E-state index contributed by atoms with van der Waals surface area (Å²) in [7, 11) is 0. The van der Waals surface area contributed by atoms with Crippen LogP contribution in [0, 0.1) is 0 Å². The molecule has 24 rings (SSSR count). The van der Waals surface area contributed by atoms with Gasteiger partial charge >= 0.3 is 0 Å². The van der Waals surface area contributed by atoms with E-state index >= 15 is 0 Å². The smallest absolute Gasteiger partial charge is 0.157 e. The van der Waals surface area contributed by atoms with Crippen molar-refractivity contribution in [1.82, 2.24) is 38.2 Å². The molecule has 0 aliphatic heterocycles. The van der Waals surface area contributed by atoms with Gasteiger partial charge in [-0.1, -0.05) is 212 Å². The van der Waals surface area contributed by atoms with Crippen molar-refractivity contribution in [2.45, 2.75) is 0 Å². The second-order valence-electron chi connectivity index (χ2n) is 27.6. The van der Waals surface area contributed by atoms with E-state index in [1.807, 2.05) is 23.7 Å². The molecule has 11 heteroatoms. The molecule has 15 aromatic carbocycles. The molecule has 24 aromatic rings. The second-order valence-corrected chi connectivity index (χ2v) is 30.7. The van der Waals surface area contributed by atoms with E-state index < -0.39 is 0 Å². The number of para-hydroxylation sites is 6. The van der Waals surface area contributed by atoms with E-state index in [1.54, 1.807) is 22.7 Å². The predicted molar refractivity (Wildman–Crippen MR) is 454 cm³/mol. The van der Waals surface area contributed by atoms with Crippen molar-refractivity contribution in [3.63, 3.8) is 0 Å². The van der Waals surface area contributed by atoms with Crippen LogP contribution in [0.25, 0.3) is 215 Å². The van der Waals surface area contributed by atoms with Gasteiger partial charge in [-0.2, -0.15) is 0 Å². The Hall–Kier alpha value is -13.4. The number of fused-ring (bicyclic) bond motifs is 22. The van der Waals surface area contributed by atoms with Crippen LogP contribution in [0.3, 0.4) is 0 Å². The van der Waals surface area contributed by atoms with Gasteiger partial charge in [-0.05, 0) is 148 Å². The Morgan fingerprint density at radius 1 is 0.234 bits per heavy atom. The van der Waals surface area contributed by atoms with Crippen molar-refractivity contribution in [3.8, 4) is 56.4 Å². The van der Waals surface area contributed by atoms with Crippen LogP contribution in [0.1, 0.15) is 0 Å². The molecule has 498 valence electrons. The molecule has 0 aliphatic rings. The van der Waals surface area contributed by atoms with Gasteiger partial charge in [-0.3, -0.25) is 9.55 Å². The zero-order chi connectivity index (χ0) is 70.0. The highest BCUT2D eigenvalue weighted by Gasteiger charge is 2.24. The maximum Gasteiger partial charge on any atom is 0.157 e. The standard InChI is InChI=1S/C58H34N6S.C38H22N2S2/c1-3-15-35(16-4-1)61-47-23-11-7-19-38(47)42-31-53-43(30-51(42)61)40-21-9-13-25-49(40)63(53)37-27-28-55-46(29-37)57-58(65-55)60-56(34-59-57)64-50-26-14-10-22-41(50)45-32-52-44(33-54(45)64)39-20-8-12-24-48(39)62(52)36-17-5-2-6-18-36;1-2-12-27-23(8-1)9-6-15-29(27)33-22-39-36-32-21-25(18-19-35(32)42-38(36)40-33)24-10-5-11-26(20-24)28-14-7-16-31-30-13-3-4-17-34(30)41-37(28)31/h1-34H;1-22H. The monoisotopic (exact) mass is 1420 g/mol. The topological polar surface area (TPSA) is 71.3 Å². The van der Waals surface area contributed by atoms with Gasteiger partial charge in [0.25, 0.3) is 0 Å². The van der Waals surface area contributed by atoms with Crippen molar-refractivity contribution < 1.29 is 0 Å². The lowest BCUT2D eigenvalue weighted by Gasteiger charge is -2.09. The summed E-state index contributed by atoms with van der Waals surface area (Å²) >= 11 is 5.29. The van der Waals surface area contributed by atoms with Crippen molar-refractivity contribution >= 4 is 193 Å². The summed E-state index contributed by atoms with van der Waals surface area (Å²) in [6, 6.07) is 118. The van der Waals surface area contributed by atoms with Gasteiger partial charge in [0.15, 0.2) is 5.82 Å². The normalized spacial score (nSPS) is 12.1. The van der Waals surface area contributed by atoms with Gasteiger partial charge in [0, 0.05) is 106 Å². The van der Waals surface area contributed by atoms with Crippen LogP contribution in [0.15, 0.2) is 340 Å². The summed E-state index contributed by atoms with van der Waals surface area (Å²) in [4.78, 5) is 22.6. The van der Waals surface area contributed by atoms with Crippen LogP contribution in [0.4, 0.5) is 0 Å². The summed E-state index contributed by atoms with van der Waals surface area (Å²) < 4.78 is 14.5. The van der Waals surface area contributed by atoms with Gasteiger partial charge in [0.05, 0.1) is 62.2 Å². The molecule has 107 heavy (non-hydrogen) atoms. The molecule has 0 saturated heterocycles. The van der Waals surface area contributed by atoms with E-state index in [0.29, 0.717) is 0 Å². The van der Waals surface area contributed by atoms with E-state index in [4.69, 9.17) is 19.9 Å². The minimum absolute atomic E-state index is 0.808. The predicted octanol–water partition coefficient (Wildman–Crippen LogP) is 26.6. The third-order valence-corrected chi connectivity index (χ3v) is 25.1. The number of aromatic nitrogens is 8. The Morgan fingerprint density at radius 2 is 0.673 bits per heavy atom. The highest BCUT2D eigenvalue weighted by molar-refractivity contribution is 7.26. The molecule has 0 spiro atoms. The van der Waals surface area contributed by atoms with Crippen LogP contribution in [0.5, 0.6) is 0 Å². The quantitative estimate of drug-likeness (QED) is 0.159. The fourth-order valence-electron chi connectivity index (χ4n) is 17.0. The van der Waals surface area contributed by atoms with Gasteiger partial charge in [0.2, 0.25) is 0 Å². The first-order chi connectivity index (χ1) is 53.0. The molecule has 0 bridgehead atoms. The van der Waals surface area contributed by atoms with Gasteiger partial charge in [-0.15, -0.1) is 34.0 Å². The number of thiophene rings is 3. The fraction of sp³-hybridized carbons (Fsp3) is 0. The van der Waals surface area contributed by atoms with Gasteiger partial charge < -0.3 is 13.7 Å². The molecule has 0 amide bonds. The summed E-state index contributed by atoms with van der Waals surface area (Å²) in [5.41, 5.74) is 21.5. The molecule has 0 atom stereocenters. The largest absolute Gasteiger partial charge is 0.309 e. The molecule has 0 N–H and O–H groups in total. The zero-order valence-corrected chi connectivity index (χ0v) is 59.6. The lowest BCUT2D eigenvalue weighted by molar-refractivity contribution is 1.08. The number of hydrogen-bond acceptors (Lipinski definition) is 7. The molecule has 9 heterocycles. The van der Waals surface area contributed by atoms with Gasteiger partial charge in [-0.25, -0.2) is 15.0 Å². The van der Waals surface area contributed by atoms with Crippen LogP contribution in [-0.4, -0.2) is 38.2 Å². The van der Waals surface area contributed by atoms with Gasteiger partial charge in [0.1, 0.15) is 20.7 Å². The summed E-state index contributed by atoms with van der Waals surface area (Å²) in [5, 5.41) is 17.0. The molecular weight excluding hydrogens is 1360 g/mol. The summed E-state index contributed by atoms with van der Waals surface area (Å²) in [6.45, 7) is 0. The van der Waals surface area contributed by atoms with E-state index in [1.165, 1.54) is 134 Å². The van der Waals surface area contributed by atoms with Crippen molar-refractivity contribution in [2.75, 3.05) is 0 Å². The third-order valence-electron chi connectivity index (χ3n) is 21.8. The third kappa shape index (κ3) is 9.25. The van der Waals surface area contributed by atoms with E-state index in [0.717, 1.165) is 81.3 Å². The van der Waals surface area contributed by atoms with Crippen molar-refractivity contribution in [3.05, 3.63) is 340 Å². The molecule has 0 aliphatic carbocycles. The number of nitrogens with zero attached hydrogens (tertiary/aromatic N) is 8. The maximum absolute atomic E-state index is 5.44. The number of benzene rings is 15. The lowest BCUT2D eigenvalue weighted by Crippen LogP contribution is -1.98. The SMILES string of the molecule is c1cc(-c2ccc3sc4nc(-c5cccc6ccccc56)cnc4c3c2)cc(-c2cccc3c2sc2ccccc23)c1.c1ccc(-n2c3ccccc3c3cc4c(cc32)c2ccccc2n4-c2ccc3sc4nc(-n5c6ccccc6c6cc7c(cc65)c5ccccc5n7-c5ccccc5)cnc4c3c2)cc1. The first kappa shape index (κ1) is 60.0. The zero-order valence-electron chi connectivity index (χ0n) is 57.1. The lowest BCUT2D eigenvalue weighted by atomic mass is 9.97. The van der Waals surface area contributed by atoms with Crippen LogP contribution in [-0.2, 0) is 0 Å². The number of rotatable bonds is 7. The Labute approximate surface area is 623 Å². The molecule has 0 radical (unpaired) electrons. The summed E-state index contributed by atoms with van der Waals surface area (Å²) in [6.07, 6.45) is 3.89. The summed E-state index contributed by atoms with van der Waals surface area (Å²) in [5.74, 6) is 0.808. The molecule has 0 saturated carbocycles. The van der Waals surface area contributed by atoms with Crippen molar-refractivity contribution in [1.29, 1.82) is 0 Å². The first-order valence-electron chi connectivity index (χ1n) is 36.0. The Morgan fingerprint density at radius 3 is 1.31 bits per heavy atom. The molecular formula is C96H56N8S3. The fourth-order valence-corrected chi connectivity index (χ4v) is 20.3. The Bertz CT molecular complexity index is 7840. The Kier molecular flexibility index (Phi) is 13.2. The van der Waals surface area contributed by atoms with E-state index in [-0.39, 0.29) is 0 Å². The van der Waals surface area contributed by atoms with Crippen LogP contribution >= 0.6 is 34.0 Å². The van der Waals surface area contributed by atoms with E-state index in [2.05, 4.69) is 346 Å². The average molecular weight is 1420 g/mol. The first-order valence-corrected chi connectivity index (χ1v) is 38.4. The molecule has 0 unspecified atom stereocenters.